The van der Waals surface area contributed by atoms with Gasteiger partial charge >= 0.3 is 0 Å². The van der Waals surface area contributed by atoms with E-state index in [-0.39, 0.29) is 5.41 Å². The van der Waals surface area contributed by atoms with Crippen LogP contribution >= 0.6 is 0 Å². The lowest BCUT2D eigenvalue weighted by atomic mass is 9.85. The molecular weight excluding hydrogens is 236 g/mol. The van der Waals surface area contributed by atoms with Gasteiger partial charge in [0.2, 0.25) is 0 Å². The molecule has 2 heteroatoms. The fourth-order valence-corrected chi connectivity index (χ4v) is 2.45. The Balaban J connectivity index is 2.60. The van der Waals surface area contributed by atoms with Crippen molar-refractivity contribution in [3.05, 3.63) is 35.1 Å². The summed E-state index contributed by atoms with van der Waals surface area (Å²) in [5, 5.41) is 11.2. The van der Waals surface area contributed by atoms with Crippen molar-refractivity contribution in [2.45, 2.75) is 59.0 Å². The molecule has 0 saturated heterocycles. The molecule has 0 amide bonds. The fourth-order valence-electron chi connectivity index (χ4n) is 2.45. The molecule has 0 aliphatic rings. The molecule has 0 radical (unpaired) electrons. The fraction of sp³-hybridized carbons (Fsp3) is 0.529. The summed E-state index contributed by atoms with van der Waals surface area (Å²) in [5.41, 5.74) is 3.36. The molecule has 2 rings (SSSR count). The number of rotatable bonds is 3. The van der Waals surface area contributed by atoms with Gasteiger partial charge in [-0.3, -0.25) is 0 Å². The standard InChI is InChI=1S/C17H24O2/c1-6-7-14(18)15-10-12-11(2)8-9-13(16(12)19-15)17(3,4)5/h8-10,14,18H,6-7H2,1-5H3. The van der Waals surface area contributed by atoms with Crippen molar-refractivity contribution in [3.8, 4) is 0 Å². The molecule has 0 aliphatic heterocycles. The van der Waals surface area contributed by atoms with E-state index in [9.17, 15) is 5.11 Å². The lowest BCUT2D eigenvalue weighted by Crippen LogP contribution is -2.11. The van der Waals surface area contributed by atoms with Crippen molar-refractivity contribution in [2.24, 2.45) is 0 Å². The molecule has 0 bridgehead atoms. The zero-order chi connectivity index (χ0) is 14.2. The topological polar surface area (TPSA) is 33.4 Å². The number of aryl methyl sites for hydroxylation is 1. The second-order valence-electron chi connectivity index (χ2n) is 6.38. The average molecular weight is 260 g/mol. The molecule has 104 valence electrons. The molecule has 0 saturated carbocycles. The Labute approximate surface area is 115 Å². The maximum Gasteiger partial charge on any atom is 0.138 e. The summed E-state index contributed by atoms with van der Waals surface area (Å²) in [6, 6.07) is 6.27. The van der Waals surface area contributed by atoms with Gasteiger partial charge < -0.3 is 9.52 Å². The van der Waals surface area contributed by atoms with E-state index in [1.165, 1.54) is 11.1 Å². The van der Waals surface area contributed by atoms with Gasteiger partial charge in [0.1, 0.15) is 17.4 Å². The molecule has 0 aliphatic carbocycles. The second-order valence-corrected chi connectivity index (χ2v) is 6.38. The van der Waals surface area contributed by atoms with E-state index >= 15 is 0 Å². The Morgan fingerprint density at radius 3 is 2.53 bits per heavy atom. The predicted octanol–water partition coefficient (Wildman–Crippen LogP) is 4.87. The number of fused-ring (bicyclic) bond motifs is 1. The zero-order valence-corrected chi connectivity index (χ0v) is 12.6. The monoisotopic (exact) mass is 260 g/mol. The summed E-state index contributed by atoms with van der Waals surface area (Å²) in [4.78, 5) is 0. The van der Waals surface area contributed by atoms with E-state index in [0.29, 0.717) is 5.76 Å². The molecule has 2 aromatic rings. The first-order chi connectivity index (χ1) is 8.84. The van der Waals surface area contributed by atoms with E-state index in [1.54, 1.807) is 0 Å². The molecule has 0 spiro atoms. The maximum absolute atomic E-state index is 10.1. The third-order valence-electron chi connectivity index (χ3n) is 3.62. The minimum atomic E-state index is -0.496. The van der Waals surface area contributed by atoms with Crippen LogP contribution in [0.4, 0.5) is 0 Å². The van der Waals surface area contributed by atoms with Gasteiger partial charge in [-0.15, -0.1) is 0 Å². The Hall–Kier alpha value is -1.28. The molecule has 19 heavy (non-hydrogen) atoms. The van der Waals surface area contributed by atoms with Gasteiger partial charge in [0.05, 0.1) is 0 Å². The first-order valence-corrected chi connectivity index (χ1v) is 7.06. The van der Waals surface area contributed by atoms with Crippen LogP contribution in [0.5, 0.6) is 0 Å². The minimum absolute atomic E-state index is 0.0385. The second kappa shape index (κ2) is 5.01. The third kappa shape index (κ3) is 2.69. The van der Waals surface area contributed by atoms with E-state index in [0.717, 1.165) is 23.8 Å². The first-order valence-electron chi connectivity index (χ1n) is 7.06. The van der Waals surface area contributed by atoms with Crippen molar-refractivity contribution in [1.29, 1.82) is 0 Å². The van der Waals surface area contributed by atoms with Crippen LogP contribution in [0.3, 0.4) is 0 Å². The van der Waals surface area contributed by atoms with Gasteiger partial charge in [0.25, 0.3) is 0 Å². The number of furan rings is 1. The Morgan fingerprint density at radius 1 is 1.26 bits per heavy atom. The smallest absolute Gasteiger partial charge is 0.138 e. The van der Waals surface area contributed by atoms with E-state index < -0.39 is 6.10 Å². The van der Waals surface area contributed by atoms with Crippen LogP contribution in [-0.4, -0.2) is 5.11 Å². The third-order valence-corrected chi connectivity index (χ3v) is 3.62. The molecule has 1 N–H and O–H groups in total. The highest BCUT2D eigenvalue weighted by Gasteiger charge is 2.22. The molecule has 1 atom stereocenters. The average Bonchev–Trinajstić information content (AvgIpc) is 2.73. The largest absolute Gasteiger partial charge is 0.458 e. The molecular formula is C17H24O2. The van der Waals surface area contributed by atoms with Crippen molar-refractivity contribution in [1.82, 2.24) is 0 Å². The SMILES string of the molecule is CCCC(O)c1cc2c(C)ccc(C(C)(C)C)c2o1. The molecule has 0 fully saturated rings. The van der Waals surface area contributed by atoms with Crippen LogP contribution in [0, 0.1) is 6.92 Å². The van der Waals surface area contributed by atoms with Crippen LogP contribution in [0.15, 0.2) is 22.6 Å². The van der Waals surface area contributed by atoms with Gasteiger partial charge in [-0.25, -0.2) is 0 Å². The summed E-state index contributed by atoms with van der Waals surface area (Å²) in [6.07, 6.45) is 1.19. The lowest BCUT2D eigenvalue weighted by molar-refractivity contribution is 0.141. The van der Waals surface area contributed by atoms with Crippen molar-refractivity contribution in [2.75, 3.05) is 0 Å². The summed E-state index contributed by atoms with van der Waals surface area (Å²) in [6.45, 7) is 10.7. The maximum atomic E-state index is 10.1. The van der Waals surface area contributed by atoms with Crippen molar-refractivity contribution < 1.29 is 9.52 Å². The van der Waals surface area contributed by atoms with Crippen LogP contribution in [0.25, 0.3) is 11.0 Å². The van der Waals surface area contributed by atoms with Gasteiger partial charge in [-0.2, -0.15) is 0 Å². The number of aliphatic hydroxyl groups excluding tert-OH is 1. The highest BCUT2D eigenvalue weighted by molar-refractivity contribution is 5.85. The summed E-state index contributed by atoms with van der Waals surface area (Å²) < 4.78 is 5.97. The molecule has 2 nitrogen and oxygen atoms in total. The van der Waals surface area contributed by atoms with Crippen LogP contribution in [0.2, 0.25) is 0 Å². The molecule has 1 unspecified atom stereocenters. The van der Waals surface area contributed by atoms with E-state index in [2.05, 4.69) is 46.8 Å². The highest BCUT2D eigenvalue weighted by Crippen LogP contribution is 2.35. The van der Waals surface area contributed by atoms with Crippen LogP contribution in [0.1, 0.15) is 63.5 Å². The van der Waals surface area contributed by atoms with Gasteiger partial charge in [-0.05, 0) is 30.4 Å². The lowest BCUT2D eigenvalue weighted by Gasteiger charge is -2.19. The zero-order valence-electron chi connectivity index (χ0n) is 12.6. The van der Waals surface area contributed by atoms with E-state index in [1.807, 2.05) is 6.07 Å². The first kappa shape index (κ1) is 14.1. The number of hydrogen-bond donors (Lipinski definition) is 1. The minimum Gasteiger partial charge on any atom is -0.458 e. The number of aliphatic hydroxyl groups is 1. The van der Waals surface area contributed by atoms with Crippen LogP contribution < -0.4 is 0 Å². The molecule has 1 aromatic carbocycles. The van der Waals surface area contributed by atoms with E-state index in [4.69, 9.17) is 4.42 Å². The quantitative estimate of drug-likeness (QED) is 0.854. The summed E-state index contributed by atoms with van der Waals surface area (Å²) >= 11 is 0. The summed E-state index contributed by atoms with van der Waals surface area (Å²) in [7, 11) is 0. The molecule has 1 heterocycles. The molecule has 1 aromatic heterocycles. The Morgan fingerprint density at radius 2 is 1.95 bits per heavy atom. The predicted molar refractivity (Wildman–Crippen MR) is 79.5 cm³/mol. The Kier molecular flexibility index (Phi) is 3.73. The highest BCUT2D eigenvalue weighted by atomic mass is 16.4. The summed E-state index contributed by atoms with van der Waals surface area (Å²) in [5.74, 6) is 0.691. The van der Waals surface area contributed by atoms with Crippen molar-refractivity contribution in [3.63, 3.8) is 0 Å². The van der Waals surface area contributed by atoms with Gasteiger partial charge in [0.15, 0.2) is 0 Å². The normalized spacial score (nSPS) is 14.0. The van der Waals surface area contributed by atoms with Crippen LogP contribution in [-0.2, 0) is 5.41 Å². The number of benzene rings is 1. The number of hydrogen-bond acceptors (Lipinski definition) is 2. The van der Waals surface area contributed by atoms with Gasteiger partial charge in [0, 0.05) is 10.9 Å². The van der Waals surface area contributed by atoms with Crippen molar-refractivity contribution >= 4 is 11.0 Å². The Bertz CT molecular complexity index is 573. The van der Waals surface area contributed by atoms with Gasteiger partial charge in [-0.1, -0.05) is 46.2 Å².